The lowest BCUT2D eigenvalue weighted by atomic mass is 10.0. The Hall–Kier alpha value is -3.46. The number of esters is 2. The number of aryl methyl sites for hydroxylation is 2. The highest BCUT2D eigenvalue weighted by Crippen LogP contribution is 2.46. The number of rotatable bonds is 6. The Morgan fingerprint density at radius 3 is 1.43 bits per heavy atom. The molecule has 0 radical (unpaired) electrons. The number of hydrogen-bond acceptors (Lipinski definition) is 4. The van der Waals surface area contributed by atoms with E-state index >= 15 is 0 Å². The predicted octanol–water partition coefficient (Wildman–Crippen LogP) is 8.31. The van der Waals surface area contributed by atoms with Gasteiger partial charge < -0.3 is 9.47 Å². The van der Waals surface area contributed by atoms with Gasteiger partial charge in [0.25, 0.3) is 0 Å². The van der Waals surface area contributed by atoms with E-state index in [-0.39, 0.29) is 30.7 Å². The number of hydrogen-bond donors (Lipinski definition) is 0. The Morgan fingerprint density at radius 2 is 1.05 bits per heavy atom. The highest BCUT2D eigenvalue weighted by atomic mass is 19.4. The molecule has 40 heavy (non-hydrogen) atoms. The van der Waals surface area contributed by atoms with Crippen molar-refractivity contribution < 1.29 is 71.7 Å². The summed E-state index contributed by atoms with van der Waals surface area (Å²) < 4.78 is 170. The van der Waals surface area contributed by atoms with Crippen molar-refractivity contribution in [3.05, 3.63) is 57.6 Å². The Balaban J connectivity index is 2.58. The molecule has 0 aliphatic rings. The highest BCUT2D eigenvalue weighted by molar-refractivity contribution is 5.97. The molecule has 0 saturated carbocycles. The molecule has 0 saturated heterocycles. The molecule has 1 atom stereocenters. The fourth-order valence-corrected chi connectivity index (χ4v) is 3.55. The standard InChI is InChI=1S/C24H18F12O4/c1-4-5-13(19(37)39-17-11(3)8-12(21(25,26)27)9-16(17)24(34,35)36)20(38)40-18-14(22(28,29)30)6-10(2)7-15(18)23(31,32)33/h6-9,13H,4-5H2,1-3H3. The molecule has 0 heterocycles. The molecule has 0 amide bonds. The molecule has 0 aliphatic heterocycles. The van der Waals surface area contributed by atoms with Crippen LogP contribution in [-0.2, 0) is 34.3 Å². The van der Waals surface area contributed by atoms with Crippen LogP contribution in [0, 0.1) is 19.8 Å². The molecule has 16 heteroatoms. The molecule has 222 valence electrons. The maximum Gasteiger partial charge on any atom is 0.420 e. The zero-order chi connectivity index (χ0) is 31.0. The number of alkyl halides is 12. The van der Waals surface area contributed by atoms with Gasteiger partial charge in [0.2, 0.25) is 0 Å². The van der Waals surface area contributed by atoms with Gasteiger partial charge in [-0.1, -0.05) is 13.3 Å². The summed E-state index contributed by atoms with van der Waals surface area (Å²) >= 11 is 0. The van der Waals surface area contributed by atoms with E-state index in [0.717, 1.165) is 13.8 Å². The van der Waals surface area contributed by atoms with Gasteiger partial charge >= 0.3 is 36.6 Å². The molecule has 1 unspecified atom stereocenters. The van der Waals surface area contributed by atoms with E-state index in [4.69, 9.17) is 0 Å². The SMILES string of the molecule is CCCC(C(=O)Oc1c(C)cc(C(F)(F)F)cc1C(F)(F)F)C(=O)Oc1c(C(F)(F)F)cc(C)cc1C(F)(F)F. The number of halogens is 12. The number of ether oxygens (including phenoxy) is 2. The van der Waals surface area contributed by atoms with Crippen LogP contribution in [0.25, 0.3) is 0 Å². The smallest absolute Gasteiger partial charge is 0.420 e. The minimum Gasteiger partial charge on any atom is -0.425 e. The van der Waals surface area contributed by atoms with Crippen LogP contribution in [0.2, 0.25) is 0 Å². The van der Waals surface area contributed by atoms with Crippen LogP contribution in [0.3, 0.4) is 0 Å². The van der Waals surface area contributed by atoms with Gasteiger partial charge in [0.1, 0.15) is 5.75 Å². The average Bonchev–Trinajstić information content (AvgIpc) is 2.76. The van der Waals surface area contributed by atoms with Crippen molar-refractivity contribution in [3.8, 4) is 11.5 Å². The molecular weight excluding hydrogens is 580 g/mol. The van der Waals surface area contributed by atoms with E-state index in [9.17, 15) is 62.3 Å². The number of carbonyl (C=O) groups excluding carboxylic acids is 2. The van der Waals surface area contributed by atoms with E-state index < -0.39 is 93.9 Å². The summed E-state index contributed by atoms with van der Waals surface area (Å²) in [5.41, 5.74) is -9.21. The average molecular weight is 598 g/mol. The van der Waals surface area contributed by atoms with Crippen molar-refractivity contribution in [1.29, 1.82) is 0 Å². The molecule has 2 aromatic rings. The van der Waals surface area contributed by atoms with Crippen molar-refractivity contribution in [3.63, 3.8) is 0 Å². The van der Waals surface area contributed by atoms with Crippen molar-refractivity contribution in [1.82, 2.24) is 0 Å². The lowest BCUT2D eigenvalue weighted by Gasteiger charge is -2.22. The first-order valence-electron chi connectivity index (χ1n) is 11.0. The van der Waals surface area contributed by atoms with Crippen LogP contribution in [0.4, 0.5) is 52.7 Å². The van der Waals surface area contributed by atoms with Crippen LogP contribution in [0.15, 0.2) is 24.3 Å². The maximum absolute atomic E-state index is 13.5. The summed E-state index contributed by atoms with van der Waals surface area (Å²) in [4.78, 5) is 25.4. The molecule has 4 nitrogen and oxygen atoms in total. The Bertz CT molecular complexity index is 1240. The van der Waals surface area contributed by atoms with Crippen molar-refractivity contribution >= 4 is 11.9 Å². The molecule has 0 bridgehead atoms. The molecule has 0 spiro atoms. The molecule has 0 aromatic heterocycles. The fraction of sp³-hybridized carbons (Fsp3) is 0.417. The third kappa shape index (κ3) is 7.59. The third-order valence-corrected chi connectivity index (χ3v) is 5.30. The minimum absolute atomic E-state index is 0.168. The lowest BCUT2D eigenvalue weighted by Crippen LogP contribution is -2.33. The molecule has 0 N–H and O–H groups in total. The first-order chi connectivity index (χ1) is 18.0. The summed E-state index contributed by atoms with van der Waals surface area (Å²) in [6.07, 6.45) is -22.5. The normalized spacial score (nSPS) is 13.7. The summed E-state index contributed by atoms with van der Waals surface area (Å²) in [6.45, 7) is 2.92. The van der Waals surface area contributed by atoms with Crippen molar-refractivity contribution in [2.45, 2.75) is 58.3 Å². The second-order valence-electron chi connectivity index (χ2n) is 8.53. The number of carbonyl (C=O) groups is 2. The van der Waals surface area contributed by atoms with Gasteiger partial charge in [0.15, 0.2) is 11.7 Å². The van der Waals surface area contributed by atoms with Gasteiger partial charge in [-0.2, -0.15) is 52.7 Å². The van der Waals surface area contributed by atoms with Crippen LogP contribution >= 0.6 is 0 Å². The van der Waals surface area contributed by atoms with Gasteiger partial charge in [-0.15, -0.1) is 0 Å². The maximum atomic E-state index is 13.5. The minimum atomic E-state index is -5.51. The van der Waals surface area contributed by atoms with Crippen LogP contribution < -0.4 is 9.47 Å². The Kier molecular flexibility index (Phi) is 9.17. The third-order valence-electron chi connectivity index (χ3n) is 5.30. The summed E-state index contributed by atoms with van der Waals surface area (Å²) in [5, 5.41) is 0. The summed E-state index contributed by atoms with van der Waals surface area (Å²) in [6, 6.07) is 0.334. The summed E-state index contributed by atoms with van der Waals surface area (Å²) in [7, 11) is 0. The van der Waals surface area contributed by atoms with E-state index in [1.54, 1.807) is 0 Å². The lowest BCUT2D eigenvalue weighted by molar-refractivity contribution is -0.155. The molecule has 2 rings (SSSR count). The van der Waals surface area contributed by atoms with Gasteiger partial charge in [-0.25, -0.2) is 0 Å². The van der Waals surface area contributed by atoms with E-state index in [0.29, 0.717) is 0 Å². The van der Waals surface area contributed by atoms with Crippen molar-refractivity contribution in [2.75, 3.05) is 0 Å². The van der Waals surface area contributed by atoms with Gasteiger partial charge in [0.05, 0.1) is 22.3 Å². The zero-order valence-corrected chi connectivity index (χ0v) is 20.5. The van der Waals surface area contributed by atoms with Gasteiger partial charge in [0, 0.05) is 0 Å². The molecular formula is C24H18F12O4. The van der Waals surface area contributed by atoms with Crippen LogP contribution in [-0.4, -0.2) is 11.9 Å². The quantitative estimate of drug-likeness (QED) is 0.145. The predicted molar refractivity (Wildman–Crippen MR) is 112 cm³/mol. The molecule has 0 aliphatic carbocycles. The molecule has 2 aromatic carbocycles. The first-order valence-corrected chi connectivity index (χ1v) is 11.0. The Labute approximate surface area is 217 Å². The largest absolute Gasteiger partial charge is 0.425 e. The van der Waals surface area contributed by atoms with Gasteiger partial charge in [-0.05, 0) is 55.7 Å². The van der Waals surface area contributed by atoms with Crippen LogP contribution in [0.5, 0.6) is 11.5 Å². The van der Waals surface area contributed by atoms with E-state index in [1.807, 2.05) is 0 Å². The van der Waals surface area contributed by atoms with E-state index in [1.165, 1.54) is 6.92 Å². The van der Waals surface area contributed by atoms with Crippen LogP contribution in [0.1, 0.15) is 53.1 Å². The van der Waals surface area contributed by atoms with Crippen molar-refractivity contribution in [2.24, 2.45) is 5.92 Å². The van der Waals surface area contributed by atoms with Gasteiger partial charge in [-0.3, -0.25) is 9.59 Å². The highest BCUT2D eigenvalue weighted by Gasteiger charge is 2.45. The summed E-state index contributed by atoms with van der Waals surface area (Å²) in [5.74, 6) is -9.72. The topological polar surface area (TPSA) is 52.6 Å². The second kappa shape index (κ2) is 11.2. The fourth-order valence-electron chi connectivity index (χ4n) is 3.55. The zero-order valence-electron chi connectivity index (χ0n) is 20.5. The first kappa shape index (κ1) is 32.8. The Morgan fingerprint density at radius 1 is 0.650 bits per heavy atom. The van der Waals surface area contributed by atoms with E-state index in [2.05, 4.69) is 9.47 Å². The molecule has 0 fully saturated rings. The second-order valence-corrected chi connectivity index (χ2v) is 8.53. The number of benzene rings is 2. The monoisotopic (exact) mass is 598 g/mol.